The van der Waals surface area contributed by atoms with Gasteiger partial charge in [0, 0.05) is 37.3 Å². The Kier molecular flexibility index (Phi) is 3.70. The van der Waals surface area contributed by atoms with Crippen LogP contribution in [0.1, 0.15) is 24.8 Å². The molecule has 2 aliphatic heterocycles. The van der Waals surface area contributed by atoms with Crippen LogP contribution in [0.3, 0.4) is 0 Å². The summed E-state index contributed by atoms with van der Waals surface area (Å²) in [6, 6.07) is 6.23. The van der Waals surface area contributed by atoms with Crippen LogP contribution in [-0.4, -0.2) is 22.1 Å². The number of rotatable bonds is 3. The monoisotopic (exact) mass is 332 g/mol. The first kappa shape index (κ1) is 15.1. The third-order valence-corrected chi connectivity index (χ3v) is 4.80. The van der Waals surface area contributed by atoms with Crippen LogP contribution < -0.4 is 15.9 Å². The molecule has 0 bridgehead atoms. The molecule has 126 valence electrons. The first-order chi connectivity index (χ1) is 11.6. The van der Waals surface area contributed by atoms with Crippen molar-refractivity contribution in [1.29, 1.82) is 0 Å². The first-order valence-electron chi connectivity index (χ1n) is 8.19. The van der Waals surface area contributed by atoms with Gasteiger partial charge in [-0.05, 0) is 25.3 Å². The summed E-state index contributed by atoms with van der Waals surface area (Å²) in [6.07, 6.45) is 3.38. The topological polar surface area (TPSA) is 50.2 Å². The summed E-state index contributed by atoms with van der Waals surface area (Å²) in [4.78, 5) is 18.5. The van der Waals surface area contributed by atoms with E-state index in [1.807, 2.05) is 6.07 Å². The highest BCUT2D eigenvalue weighted by Gasteiger charge is 2.32. The molecular formula is C17H18F2N4O. The molecule has 1 aromatic heterocycles. The Labute approximate surface area is 137 Å². The van der Waals surface area contributed by atoms with E-state index in [4.69, 9.17) is 0 Å². The molecule has 0 unspecified atom stereocenters. The first-order valence-corrected chi connectivity index (χ1v) is 8.19. The molecule has 1 aromatic carbocycles. The average molecular weight is 332 g/mol. The second-order valence-electron chi connectivity index (χ2n) is 6.30. The average Bonchev–Trinajstić information content (AvgIpc) is 2.96. The second-order valence-corrected chi connectivity index (χ2v) is 6.30. The molecular weight excluding hydrogens is 314 g/mol. The predicted octanol–water partition coefficient (Wildman–Crippen LogP) is 2.51. The van der Waals surface area contributed by atoms with Gasteiger partial charge in [0.25, 0.3) is 0 Å². The predicted molar refractivity (Wildman–Crippen MR) is 87.2 cm³/mol. The summed E-state index contributed by atoms with van der Waals surface area (Å²) in [5, 5.41) is 2.94. The minimum Gasteiger partial charge on any atom is -0.366 e. The molecule has 24 heavy (non-hydrogen) atoms. The molecule has 5 nitrogen and oxygen atoms in total. The molecule has 1 saturated heterocycles. The van der Waals surface area contributed by atoms with Crippen molar-refractivity contribution in [3.8, 4) is 0 Å². The van der Waals surface area contributed by atoms with E-state index in [0.29, 0.717) is 18.4 Å². The second kappa shape index (κ2) is 5.89. The fourth-order valence-corrected chi connectivity index (χ4v) is 3.57. The van der Waals surface area contributed by atoms with Crippen molar-refractivity contribution in [1.82, 2.24) is 9.55 Å². The summed E-state index contributed by atoms with van der Waals surface area (Å²) >= 11 is 0. The molecule has 0 saturated carbocycles. The number of anilines is 2. The van der Waals surface area contributed by atoms with Crippen molar-refractivity contribution in [3.05, 3.63) is 51.9 Å². The molecule has 1 atom stereocenters. The quantitative estimate of drug-likeness (QED) is 0.938. The van der Waals surface area contributed by atoms with Crippen molar-refractivity contribution in [2.45, 2.75) is 38.4 Å². The van der Waals surface area contributed by atoms with Crippen LogP contribution in [0.4, 0.5) is 20.4 Å². The Morgan fingerprint density at radius 2 is 2.17 bits per heavy atom. The number of piperidine rings is 1. The van der Waals surface area contributed by atoms with Crippen LogP contribution in [0.25, 0.3) is 0 Å². The largest absolute Gasteiger partial charge is 0.366 e. The highest BCUT2D eigenvalue weighted by Crippen LogP contribution is 2.31. The number of hydrogen-bond acceptors (Lipinski definition) is 4. The standard InChI is InChI=1S/C17H18F2N4O/c18-13-6-3-4-11(16(13)19)9-20-14-8-15-22-7-2-1-5-12(22)10-23(15)17(24)21-14/h3-4,6,8,12H,1-2,5,7,9-10H2,(H,20,21,24)/t12-/m0/s1. The number of halogens is 2. The van der Waals surface area contributed by atoms with Gasteiger partial charge in [0.15, 0.2) is 11.6 Å². The van der Waals surface area contributed by atoms with Crippen LogP contribution in [0.2, 0.25) is 0 Å². The molecule has 2 aromatic rings. The number of nitrogens with one attached hydrogen (secondary N) is 1. The fourth-order valence-electron chi connectivity index (χ4n) is 3.57. The number of nitrogens with zero attached hydrogens (tertiary/aromatic N) is 3. The van der Waals surface area contributed by atoms with E-state index in [0.717, 1.165) is 31.3 Å². The normalized spacial score (nSPS) is 19.1. The Morgan fingerprint density at radius 1 is 1.29 bits per heavy atom. The van der Waals surface area contributed by atoms with Gasteiger partial charge in [-0.1, -0.05) is 12.1 Å². The summed E-state index contributed by atoms with van der Waals surface area (Å²) in [6.45, 7) is 1.69. The number of fused-ring (bicyclic) bond motifs is 3. The summed E-state index contributed by atoms with van der Waals surface area (Å²) in [7, 11) is 0. The minimum atomic E-state index is -0.882. The third-order valence-electron chi connectivity index (χ3n) is 4.80. The SMILES string of the molecule is O=c1nc(NCc2cccc(F)c2F)cc2n1C[C@@H]1CCCCN21. The van der Waals surface area contributed by atoms with Crippen LogP contribution in [0, 0.1) is 11.6 Å². The van der Waals surface area contributed by atoms with Crippen LogP contribution >= 0.6 is 0 Å². The zero-order valence-electron chi connectivity index (χ0n) is 13.1. The highest BCUT2D eigenvalue weighted by molar-refractivity contribution is 5.53. The van der Waals surface area contributed by atoms with E-state index >= 15 is 0 Å². The molecule has 1 fully saturated rings. The Hall–Kier alpha value is -2.44. The maximum atomic E-state index is 13.7. The zero-order valence-corrected chi connectivity index (χ0v) is 13.1. The van der Waals surface area contributed by atoms with Gasteiger partial charge in [-0.15, -0.1) is 0 Å². The minimum absolute atomic E-state index is 0.0723. The fraction of sp³-hybridized carbons (Fsp3) is 0.412. The molecule has 4 rings (SSSR count). The molecule has 0 aliphatic carbocycles. The third kappa shape index (κ3) is 2.53. The van der Waals surface area contributed by atoms with Gasteiger partial charge >= 0.3 is 5.69 Å². The van der Waals surface area contributed by atoms with Gasteiger partial charge in [-0.25, -0.2) is 13.6 Å². The number of aromatic nitrogens is 2. The molecule has 1 N–H and O–H groups in total. The highest BCUT2D eigenvalue weighted by atomic mass is 19.2. The van der Waals surface area contributed by atoms with Crippen molar-refractivity contribution in [3.63, 3.8) is 0 Å². The lowest BCUT2D eigenvalue weighted by atomic mass is 10.0. The van der Waals surface area contributed by atoms with Gasteiger partial charge in [0.1, 0.15) is 11.6 Å². The van der Waals surface area contributed by atoms with Crippen molar-refractivity contribution in [2.75, 3.05) is 16.8 Å². The van der Waals surface area contributed by atoms with Crippen LogP contribution in [-0.2, 0) is 13.1 Å². The number of hydrogen-bond donors (Lipinski definition) is 1. The lowest BCUT2D eigenvalue weighted by Crippen LogP contribution is -2.36. The van der Waals surface area contributed by atoms with E-state index in [-0.39, 0.29) is 17.8 Å². The van der Waals surface area contributed by atoms with Gasteiger partial charge in [-0.2, -0.15) is 4.98 Å². The lowest BCUT2D eigenvalue weighted by molar-refractivity contribution is 0.458. The smallest absolute Gasteiger partial charge is 0.351 e. The van der Waals surface area contributed by atoms with Crippen molar-refractivity contribution < 1.29 is 8.78 Å². The van der Waals surface area contributed by atoms with Gasteiger partial charge in [0.05, 0.1) is 0 Å². The van der Waals surface area contributed by atoms with Gasteiger partial charge in [0.2, 0.25) is 0 Å². The van der Waals surface area contributed by atoms with E-state index in [9.17, 15) is 13.6 Å². The van der Waals surface area contributed by atoms with Gasteiger partial charge in [-0.3, -0.25) is 4.57 Å². The summed E-state index contributed by atoms with van der Waals surface area (Å²) in [5.74, 6) is -0.505. The Bertz CT molecular complexity index is 836. The lowest BCUT2D eigenvalue weighted by Gasteiger charge is -2.30. The van der Waals surface area contributed by atoms with E-state index in [1.165, 1.54) is 18.6 Å². The van der Waals surface area contributed by atoms with Crippen molar-refractivity contribution >= 4 is 11.6 Å². The zero-order chi connectivity index (χ0) is 16.7. The maximum Gasteiger partial charge on any atom is 0.351 e. The number of benzene rings is 1. The van der Waals surface area contributed by atoms with E-state index in [1.54, 1.807) is 4.57 Å². The van der Waals surface area contributed by atoms with E-state index in [2.05, 4.69) is 15.2 Å². The molecule has 3 heterocycles. The summed E-state index contributed by atoms with van der Waals surface area (Å²) < 4.78 is 28.7. The maximum absolute atomic E-state index is 13.7. The molecule has 7 heteroatoms. The van der Waals surface area contributed by atoms with Gasteiger partial charge < -0.3 is 10.2 Å². The summed E-state index contributed by atoms with van der Waals surface area (Å²) in [5.41, 5.74) is -0.0997. The molecule has 2 aliphatic rings. The Morgan fingerprint density at radius 3 is 3.04 bits per heavy atom. The Balaban J connectivity index is 1.58. The molecule has 0 amide bonds. The van der Waals surface area contributed by atoms with Crippen LogP contribution in [0.15, 0.2) is 29.1 Å². The van der Waals surface area contributed by atoms with Crippen molar-refractivity contribution in [2.24, 2.45) is 0 Å². The molecule has 0 spiro atoms. The van der Waals surface area contributed by atoms with Crippen LogP contribution in [0.5, 0.6) is 0 Å². The van der Waals surface area contributed by atoms with E-state index < -0.39 is 11.6 Å². The molecule has 0 radical (unpaired) electrons.